The molecule has 4 aromatic heterocycles. The third kappa shape index (κ3) is 4.77. The smallest absolute Gasteiger partial charge is 0.180 e. The minimum Gasteiger partial charge on any atom is -0.452 e. The molecule has 0 bridgehead atoms. The molecular weight excluding hydrogens is 633 g/mol. The van der Waals surface area contributed by atoms with Gasteiger partial charge in [-0.1, -0.05) is 127 Å². The van der Waals surface area contributed by atoms with Crippen LogP contribution >= 0.6 is 11.3 Å². The fraction of sp³-hybridized carbons (Fsp3) is 0. The van der Waals surface area contributed by atoms with Crippen LogP contribution in [-0.4, -0.2) is 19.9 Å². The number of thiophene rings is 1. The second kappa shape index (κ2) is 11.6. The zero-order chi connectivity index (χ0) is 33.0. The molecule has 10 rings (SSSR count). The Balaban J connectivity index is 1.16. The first-order valence-corrected chi connectivity index (χ1v) is 17.3. The molecule has 50 heavy (non-hydrogen) atoms. The fourth-order valence-electron chi connectivity index (χ4n) is 6.74. The van der Waals surface area contributed by atoms with E-state index >= 15 is 0 Å². The Kier molecular flexibility index (Phi) is 6.60. The van der Waals surface area contributed by atoms with Crippen molar-refractivity contribution >= 4 is 53.6 Å². The van der Waals surface area contributed by atoms with Gasteiger partial charge in [-0.3, -0.25) is 0 Å². The average Bonchev–Trinajstić information content (AvgIpc) is 3.76. The number of hydrogen-bond donors (Lipinski definition) is 0. The van der Waals surface area contributed by atoms with Crippen LogP contribution in [0.3, 0.4) is 0 Å². The van der Waals surface area contributed by atoms with Gasteiger partial charge in [0.1, 0.15) is 16.8 Å². The number of benzene rings is 6. The van der Waals surface area contributed by atoms with Crippen LogP contribution in [0.2, 0.25) is 0 Å². The van der Waals surface area contributed by atoms with Crippen LogP contribution in [0.15, 0.2) is 162 Å². The molecule has 0 spiro atoms. The first-order chi connectivity index (χ1) is 24.8. The molecule has 10 aromatic rings. The van der Waals surface area contributed by atoms with Crippen LogP contribution in [0.5, 0.6) is 0 Å². The highest BCUT2D eigenvalue weighted by Gasteiger charge is 2.20. The second-order valence-corrected chi connectivity index (χ2v) is 13.3. The third-order valence-corrected chi connectivity index (χ3v) is 10.2. The number of rotatable bonds is 5. The first kappa shape index (κ1) is 28.5. The molecule has 234 valence electrons. The van der Waals surface area contributed by atoms with Gasteiger partial charge in [0.25, 0.3) is 0 Å². The van der Waals surface area contributed by atoms with E-state index in [4.69, 9.17) is 24.4 Å². The maximum absolute atomic E-state index is 6.33. The Hall–Kier alpha value is -6.50. The molecule has 0 atom stereocenters. The predicted molar refractivity (Wildman–Crippen MR) is 205 cm³/mol. The van der Waals surface area contributed by atoms with Crippen molar-refractivity contribution in [1.82, 2.24) is 19.9 Å². The Morgan fingerprint density at radius 3 is 1.82 bits per heavy atom. The maximum atomic E-state index is 6.33. The van der Waals surface area contributed by atoms with E-state index in [2.05, 4.69) is 84.9 Å². The van der Waals surface area contributed by atoms with E-state index in [-0.39, 0.29) is 0 Å². The molecule has 0 aliphatic carbocycles. The van der Waals surface area contributed by atoms with Crippen molar-refractivity contribution in [3.05, 3.63) is 158 Å². The Bertz CT molecular complexity index is 2810. The average molecular weight is 659 g/mol. The highest BCUT2D eigenvalue weighted by atomic mass is 32.1. The number of para-hydroxylation sites is 1. The van der Waals surface area contributed by atoms with Crippen molar-refractivity contribution in [2.45, 2.75) is 0 Å². The lowest BCUT2D eigenvalue weighted by atomic mass is 10.0. The van der Waals surface area contributed by atoms with Gasteiger partial charge in [-0.15, -0.1) is 11.3 Å². The molecule has 6 heteroatoms. The summed E-state index contributed by atoms with van der Waals surface area (Å²) in [6, 6.07) is 53.8. The minimum atomic E-state index is 0.661. The lowest BCUT2D eigenvalue weighted by Crippen LogP contribution is -1.96. The molecule has 0 saturated heterocycles. The Morgan fingerprint density at radius 1 is 0.440 bits per heavy atom. The van der Waals surface area contributed by atoms with Gasteiger partial charge in [0.2, 0.25) is 0 Å². The number of aromatic nitrogens is 4. The summed E-state index contributed by atoms with van der Waals surface area (Å²) in [5, 5.41) is 3.27. The van der Waals surface area contributed by atoms with Crippen LogP contribution < -0.4 is 0 Å². The second-order valence-electron chi connectivity index (χ2n) is 12.2. The number of fused-ring (bicyclic) bond motifs is 6. The van der Waals surface area contributed by atoms with E-state index in [1.54, 1.807) is 11.3 Å². The zero-order valence-electron chi connectivity index (χ0n) is 26.6. The Morgan fingerprint density at radius 2 is 1.10 bits per heavy atom. The summed E-state index contributed by atoms with van der Waals surface area (Å²) in [5.74, 6) is 1.36. The first-order valence-electron chi connectivity index (χ1n) is 16.5. The standard InChI is InChI=1S/C44H26N4OS/c1-4-13-27(14-5-1)34-26-35(28-15-6-2-7-16-28)46-44(45-34)33-20-12-22-37-39(33)32-24-23-30(25-38(32)50-37)43-47-40(29-17-8-3-9-18-29)42-41(48-43)31-19-10-11-21-36(31)49-42/h1-26H. The van der Waals surface area contributed by atoms with Crippen molar-refractivity contribution in [1.29, 1.82) is 0 Å². The molecule has 0 unspecified atom stereocenters. The summed E-state index contributed by atoms with van der Waals surface area (Å²) >= 11 is 1.76. The van der Waals surface area contributed by atoms with Gasteiger partial charge in [-0.05, 0) is 30.3 Å². The predicted octanol–water partition coefficient (Wildman–Crippen LogP) is 11.9. The molecule has 0 aliphatic rings. The monoisotopic (exact) mass is 658 g/mol. The fourth-order valence-corrected chi connectivity index (χ4v) is 7.92. The molecule has 6 aromatic carbocycles. The van der Waals surface area contributed by atoms with E-state index < -0.39 is 0 Å². The lowest BCUT2D eigenvalue weighted by molar-refractivity contribution is 0.667. The maximum Gasteiger partial charge on any atom is 0.180 e. The van der Waals surface area contributed by atoms with Crippen molar-refractivity contribution in [2.24, 2.45) is 0 Å². The summed E-state index contributed by atoms with van der Waals surface area (Å²) in [6.45, 7) is 0. The van der Waals surface area contributed by atoms with Crippen molar-refractivity contribution in [3.63, 3.8) is 0 Å². The van der Waals surface area contributed by atoms with Gasteiger partial charge < -0.3 is 4.42 Å². The van der Waals surface area contributed by atoms with Gasteiger partial charge >= 0.3 is 0 Å². The highest BCUT2D eigenvalue weighted by molar-refractivity contribution is 7.26. The molecule has 0 fully saturated rings. The van der Waals surface area contributed by atoms with E-state index in [0.717, 1.165) is 76.9 Å². The van der Waals surface area contributed by atoms with Gasteiger partial charge in [-0.25, -0.2) is 19.9 Å². The molecule has 0 amide bonds. The van der Waals surface area contributed by atoms with Crippen molar-refractivity contribution < 1.29 is 4.42 Å². The Labute approximate surface area is 291 Å². The number of furan rings is 1. The third-order valence-electron chi connectivity index (χ3n) is 9.13. The zero-order valence-corrected chi connectivity index (χ0v) is 27.4. The van der Waals surface area contributed by atoms with Gasteiger partial charge in [0.15, 0.2) is 17.2 Å². The molecular formula is C44H26N4OS. The van der Waals surface area contributed by atoms with E-state index in [9.17, 15) is 0 Å². The number of nitrogens with zero attached hydrogens (tertiary/aromatic N) is 4. The molecule has 0 N–H and O–H groups in total. The van der Waals surface area contributed by atoms with E-state index in [1.807, 2.05) is 72.8 Å². The molecule has 5 nitrogen and oxygen atoms in total. The molecule has 0 aliphatic heterocycles. The quantitative estimate of drug-likeness (QED) is 0.184. The summed E-state index contributed by atoms with van der Waals surface area (Å²) in [4.78, 5) is 20.5. The SMILES string of the molecule is c1ccc(-c2cc(-c3ccccc3)nc(-c3cccc4sc5cc(-c6nc(-c7ccccc7)c7oc8ccccc8c7n6)ccc5c34)n2)cc1. The van der Waals surface area contributed by atoms with Crippen LogP contribution in [0, 0.1) is 0 Å². The van der Waals surface area contributed by atoms with Crippen molar-refractivity contribution in [2.75, 3.05) is 0 Å². The van der Waals surface area contributed by atoms with Crippen LogP contribution in [0.4, 0.5) is 0 Å². The molecule has 4 heterocycles. The van der Waals surface area contributed by atoms with Crippen LogP contribution in [-0.2, 0) is 0 Å². The van der Waals surface area contributed by atoms with Crippen LogP contribution in [0.25, 0.3) is 98.8 Å². The van der Waals surface area contributed by atoms with Gasteiger partial charge in [0, 0.05) is 53.4 Å². The summed E-state index contributed by atoms with van der Waals surface area (Å²) in [7, 11) is 0. The highest BCUT2D eigenvalue weighted by Crippen LogP contribution is 2.42. The molecule has 0 saturated carbocycles. The van der Waals surface area contributed by atoms with E-state index in [1.165, 1.54) is 4.70 Å². The number of hydrogen-bond acceptors (Lipinski definition) is 6. The molecule has 0 radical (unpaired) electrons. The van der Waals surface area contributed by atoms with Gasteiger partial charge in [0.05, 0.1) is 11.4 Å². The summed E-state index contributed by atoms with van der Waals surface area (Å²) in [6.07, 6.45) is 0. The minimum absolute atomic E-state index is 0.661. The van der Waals surface area contributed by atoms with E-state index in [0.29, 0.717) is 17.2 Å². The van der Waals surface area contributed by atoms with Crippen LogP contribution in [0.1, 0.15) is 0 Å². The topological polar surface area (TPSA) is 64.7 Å². The normalized spacial score (nSPS) is 11.6. The summed E-state index contributed by atoms with van der Waals surface area (Å²) in [5.41, 5.74) is 9.92. The lowest BCUT2D eigenvalue weighted by Gasteiger charge is -2.10. The van der Waals surface area contributed by atoms with Crippen molar-refractivity contribution in [3.8, 4) is 56.5 Å². The summed E-state index contributed by atoms with van der Waals surface area (Å²) < 4.78 is 8.65. The van der Waals surface area contributed by atoms with Gasteiger partial charge in [-0.2, -0.15) is 0 Å². The largest absolute Gasteiger partial charge is 0.452 e.